The third-order valence-corrected chi connectivity index (χ3v) is 3.93. The van der Waals surface area contributed by atoms with Crippen LogP contribution in [0.1, 0.15) is 10.4 Å². The van der Waals surface area contributed by atoms with Crippen molar-refractivity contribution in [1.82, 2.24) is 4.98 Å². The molecule has 0 aliphatic heterocycles. The summed E-state index contributed by atoms with van der Waals surface area (Å²) in [7, 11) is 0. The largest absolute Gasteiger partial charge is 0.320 e. The van der Waals surface area contributed by atoms with Crippen LogP contribution in [0.2, 0.25) is 5.02 Å². The number of halogens is 2. The van der Waals surface area contributed by atoms with Gasteiger partial charge in [-0.05, 0) is 48.5 Å². The second kappa shape index (κ2) is 5.84. The number of hydrogen-bond acceptors (Lipinski definition) is 2. The van der Waals surface area contributed by atoms with E-state index >= 15 is 0 Å². The first-order valence-electron chi connectivity index (χ1n) is 6.25. The van der Waals surface area contributed by atoms with Crippen LogP contribution < -0.4 is 5.32 Å². The number of hydrogen-bond donors (Lipinski definition) is 1. The van der Waals surface area contributed by atoms with Crippen molar-refractivity contribution in [2.24, 2.45) is 0 Å². The van der Waals surface area contributed by atoms with Crippen LogP contribution in [0.4, 0.5) is 5.69 Å². The maximum absolute atomic E-state index is 12.3. The van der Waals surface area contributed by atoms with E-state index in [0.717, 1.165) is 9.86 Å². The first-order chi connectivity index (χ1) is 10.1. The zero-order valence-corrected chi connectivity index (χ0v) is 13.1. The summed E-state index contributed by atoms with van der Waals surface area (Å²) in [4.78, 5) is 16.6. The average Bonchev–Trinajstić information content (AvgIpc) is 2.51. The van der Waals surface area contributed by atoms with E-state index in [1.165, 1.54) is 0 Å². The Hall–Kier alpha value is -1.91. The van der Waals surface area contributed by atoms with Gasteiger partial charge < -0.3 is 5.32 Å². The number of amides is 1. The van der Waals surface area contributed by atoms with E-state index in [2.05, 4.69) is 26.2 Å². The van der Waals surface area contributed by atoms with Gasteiger partial charge in [0, 0.05) is 21.6 Å². The highest BCUT2D eigenvalue weighted by Crippen LogP contribution is 2.28. The van der Waals surface area contributed by atoms with Crippen molar-refractivity contribution in [3.63, 3.8) is 0 Å². The van der Waals surface area contributed by atoms with Crippen LogP contribution in [-0.4, -0.2) is 10.9 Å². The average molecular weight is 362 g/mol. The third kappa shape index (κ3) is 2.91. The molecular weight excluding hydrogens is 352 g/mol. The summed E-state index contributed by atoms with van der Waals surface area (Å²) in [5, 5.41) is 4.30. The van der Waals surface area contributed by atoms with Gasteiger partial charge in [0.1, 0.15) is 0 Å². The number of anilines is 1. The minimum Gasteiger partial charge on any atom is -0.320 e. The number of nitrogens with one attached hydrogen (secondary N) is 1. The van der Waals surface area contributed by atoms with Crippen molar-refractivity contribution >= 4 is 50.0 Å². The Kier molecular flexibility index (Phi) is 3.90. The van der Waals surface area contributed by atoms with Gasteiger partial charge in [-0.25, -0.2) is 0 Å². The second-order valence-electron chi connectivity index (χ2n) is 4.46. The van der Waals surface area contributed by atoms with Crippen LogP contribution in [0, 0.1) is 0 Å². The van der Waals surface area contributed by atoms with Gasteiger partial charge in [-0.2, -0.15) is 0 Å². The number of fused-ring (bicyclic) bond motifs is 1. The van der Waals surface area contributed by atoms with Crippen LogP contribution in [0.5, 0.6) is 0 Å². The van der Waals surface area contributed by atoms with Crippen molar-refractivity contribution in [3.8, 4) is 0 Å². The molecule has 1 heterocycles. The van der Waals surface area contributed by atoms with E-state index < -0.39 is 0 Å². The Labute approximate surface area is 135 Å². The van der Waals surface area contributed by atoms with Gasteiger partial charge in [-0.1, -0.05) is 27.5 Å². The summed E-state index contributed by atoms with van der Waals surface area (Å²) in [6.07, 6.45) is 1.67. The summed E-state index contributed by atoms with van der Waals surface area (Å²) in [5.74, 6) is -0.184. The molecule has 3 rings (SSSR count). The van der Waals surface area contributed by atoms with Crippen LogP contribution in [0.15, 0.2) is 59.2 Å². The van der Waals surface area contributed by atoms with E-state index in [-0.39, 0.29) is 5.91 Å². The van der Waals surface area contributed by atoms with Crippen molar-refractivity contribution in [2.45, 2.75) is 0 Å². The molecular formula is C16H10BrClN2O. The fraction of sp³-hybridized carbons (Fsp3) is 0. The molecule has 0 aliphatic carbocycles. The number of nitrogens with zero attached hydrogens (tertiary/aromatic N) is 1. The normalized spacial score (nSPS) is 10.6. The topological polar surface area (TPSA) is 42.0 Å². The van der Waals surface area contributed by atoms with Gasteiger partial charge in [0.05, 0.1) is 16.2 Å². The van der Waals surface area contributed by atoms with Gasteiger partial charge in [0.2, 0.25) is 0 Å². The summed E-state index contributed by atoms with van der Waals surface area (Å²) in [6.45, 7) is 0. The third-order valence-electron chi connectivity index (χ3n) is 3.07. The lowest BCUT2D eigenvalue weighted by Crippen LogP contribution is -2.12. The molecule has 2 aromatic carbocycles. The fourth-order valence-electron chi connectivity index (χ4n) is 2.03. The molecule has 0 unspecified atom stereocenters. The Morgan fingerprint density at radius 1 is 1.10 bits per heavy atom. The van der Waals surface area contributed by atoms with Gasteiger partial charge >= 0.3 is 0 Å². The van der Waals surface area contributed by atoms with Gasteiger partial charge in [0.15, 0.2) is 0 Å². The number of benzene rings is 2. The first kappa shape index (κ1) is 14.0. The minimum absolute atomic E-state index is 0.184. The molecule has 1 aromatic heterocycles. The lowest BCUT2D eigenvalue weighted by atomic mass is 10.1. The van der Waals surface area contributed by atoms with Crippen molar-refractivity contribution in [2.75, 3.05) is 5.32 Å². The molecule has 21 heavy (non-hydrogen) atoms. The predicted octanol–water partition coefficient (Wildman–Crippen LogP) is 4.90. The van der Waals surface area contributed by atoms with Crippen molar-refractivity contribution in [1.29, 1.82) is 0 Å². The lowest BCUT2D eigenvalue weighted by molar-refractivity contribution is 0.102. The summed E-state index contributed by atoms with van der Waals surface area (Å²) in [6, 6.07) is 14.4. The van der Waals surface area contributed by atoms with E-state index in [4.69, 9.17) is 11.6 Å². The Morgan fingerprint density at radius 3 is 2.62 bits per heavy atom. The van der Waals surface area contributed by atoms with Crippen LogP contribution in [0.3, 0.4) is 0 Å². The predicted molar refractivity (Wildman–Crippen MR) is 88.8 cm³/mol. The molecule has 3 aromatic rings. The van der Waals surface area contributed by atoms with E-state index in [1.807, 2.05) is 24.3 Å². The second-order valence-corrected chi connectivity index (χ2v) is 5.78. The fourth-order valence-corrected chi connectivity index (χ4v) is 2.51. The van der Waals surface area contributed by atoms with Crippen LogP contribution >= 0.6 is 27.5 Å². The molecule has 0 saturated heterocycles. The standard InChI is InChI=1S/C16H10BrClN2O/c17-11-5-3-10(4-6-11)16(21)20-14-8-7-13(18)12-2-1-9-19-15(12)14/h1-9H,(H,20,21). The molecule has 0 radical (unpaired) electrons. The highest BCUT2D eigenvalue weighted by atomic mass is 79.9. The quantitative estimate of drug-likeness (QED) is 0.705. The number of carbonyl (C=O) groups is 1. The first-order valence-corrected chi connectivity index (χ1v) is 7.42. The molecule has 0 fully saturated rings. The van der Waals surface area contributed by atoms with Crippen LogP contribution in [-0.2, 0) is 0 Å². The summed E-state index contributed by atoms with van der Waals surface area (Å²) in [5.41, 5.74) is 1.90. The van der Waals surface area contributed by atoms with E-state index in [9.17, 15) is 4.79 Å². The molecule has 1 N–H and O–H groups in total. The summed E-state index contributed by atoms with van der Waals surface area (Å²) < 4.78 is 0.928. The van der Waals surface area contributed by atoms with Gasteiger partial charge in [0.25, 0.3) is 5.91 Å². The highest BCUT2D eigenvalue weighted by Gasteiger charge is 2.10. The van der Waals surface area contributed by atoms with Crippen LogP contribution in [0.25, 0.3) is 10.9 Å². The monoisotopic (exact) mass is 360 g/mol. The highest BCUT2D eigenvalue weighted by molar-refractivity contribution is 9.10. The molecule has 104 valence electrons. The number of carbonyl (C=O) groups excluding carboxylic acids is 1. The summed E-state index contributed by atoms with van der Waals surface area (Å²) >= 11 is 9.49. The molecule has 1 amide bonds. The van der Waals surface area contributed by atoms with Crippen molar-refractivity contribution in [3.05, 3.63) is 69.8 Å². The molecule has 0 spiro atoms. The van der Waals surface area contributed by atoms with Gasteiger partial charge in [-0.3, -0.25) is 9.78 Å². The number of pyridine rings is 1. The zero-order chi connectivity index (χ0) is 14.8. The smallest absolute Gasteiger partial charge is 0.255 e. The number of rotatable bonds is 2. The Morgan fingerprint density at radius 2 is 1.86 bits per heavy atom. The molecule has 5 heteroatoms. The molecule has 0 atom stereocenters. The van der Waals surface area contributed by atoms with E-state index in [1.54, 1.807) is 30.5 Å². The van der Waals surface area contributed by atoms with Crippen molar-refractivity contribution < 1.29 is 4.79 Å². The molecule has 0 bridgehead atoms. The minimum atomic E-state index is -0.184. The zero-order valence-electron chi connectivity index (χ0n) is 10.8. The molecule has 0 aliphatic rings. The number of aromatic nitrogens is 1. The Bertz CT molecular complexity index is 818. The lowest BCUT2D eigenvalue weighted by Gasteiger charge is -2.09. The molecule has 0 saturated carbocycles. The van der Waals surface area contributed by atoms with Gasteiger partial charge in [-0.15, -0.1) is 0 Å². The van der Waals surface area contributed by atoms with E-state index in [0.29, 0.717) is 21.8 Å². The maximum atomic E-state index is 12.3. The Balaban J connectivity index is 1.97. The maximum Gasteiger partial charge on any atom is 0.255 e. The molecule has 3 nitrogen and oxygen atoms in total. The SMILES string of the molecule is O=C(Nc1ccc(Cl)c2cccnc12)c1ccc(Br)cc1.